The van der Waals surface area contributed by atoms with E-state index >= 15 is 0 Å². The van der Waals surface area contributed by atoms with Crippen molar-refractivity contribution in [3.63, 3.8) is 0 Å². The molecule has 0 bridgehead atoms. The number of hydrogen-bond donors (Lipinski definition) is 1. The lowest BCUT2D eigenvalue weighted by atomic mass is 9.92. The molecule has 4 rings (SSSR count). The van der Waals surface area contributed by atoms with E-state index < -0.39 is 0 Å². The van der Waals surface area contributed by atoms with Gasteiger partial charge in [0.05, 0.1) is 5.56 Å². The number of benzene rings is 1. The lowest BCUT2D eigenvalue weighted by molar-refractivity contribution is 0.372. The average Bonchev–Trinajstić information content (AvgIpc) is 3.48. The summed E-state index contributed by atoms with van der Waals surface area (Å²) in [5.74, 6) is 1.84. The summed E-state index contributed by atoms with van der Waals surface area (Å²) in [6, 6.07) is 8.32. The normalized spacial score (nSPS) is 19.8. The van der Waals surface area contributed by atoms with E-state index in [0.29, 0.717) is 17.9 Å². The van der Waals surface area contributed by atoms with Crippen molar-refractivity contribution in [3.8, 4) is 5.75 Å². The summed E-state index contributed by atoms with van der Waals surface area (Å²) < 4.78 is 5.83. The van der Waals surface area contributed by atoms with E-state index in [0.717, 1.165) is 55.4 Å². The Hall–Kier alpha value is -2.03. The summed E-state index contributed by atoms with van der Waals surface area (Å²) in [5.41, 5.74) is 3.45. The predicted octanol–water partition coefficient (Wildman–Crippen LogP) is 5.42. The molecule has 1 aromatic heterocycles. The molecule has 3 nitrogen and oxygen atoms in total. The van der Waals surface area contributed by atoms with Crippen molar-refractivity contribution in [2.75, 3.05) is 0 Å². The molecule has 1 aromatic carbocycles. The molecule has 0 spiro atoms. The van der Waals surface area contributed by atoms with Crippen LogP contribution in [-0.2, 0) is 12.8 Å². The van der Waals surface area contributed by atoms with Gasteiger partial charge in [0, 0.05) is 17.9 Å². The lowest BCUT2D eigenvalue weighted by Gasteiger charge is -2.17. The fourth-order valence-corrected chi connectivity index (χ4v) is 4.47. The molecule has 0 radical (unpaired) electrons. The van der Waals surface area contributed by atoms with Gasteiger partial charge in [-0.3, -0.25) is 0 Å². The van der Waals surface area contributed by atoms with Crippen LogP contribution in [0, 0.1) is 0 Å². The van der Waals surface area contributed by atoms with Gasteiger partial charge in [-0.05, 0) is 55.6 Å². The zero-order chi connectivity index (χ0) is 18.1. The molecule has 1 unspecified atom stereocenters. The van der Waals surface area contributed by atoms with Crippen LogP contribution in [0.3, 0.4) is 0 Å². The maximum Gasteiger partial charge on any atom is 0.343 e. The molecular weight excluding hydrogens is 324 g/mol. The quantitative estimate of drug-likeness (QED) is 0.731. The standard InChI is InChI=1S/C23H28O3/c1-2-7-16-8-3-6-11-19-21(24)20(23(25)26-22(16)19)14-17-9-4-5-10-18(17)15-12-13-15/h4-5,9-10,15-16,24H,2-3,6-8,11-14H2,1H3. The molecule has 3 heteroatoms. The summed E-state index contributed by atoms with van der Waals surface area (Å²) in [5, 5.41) is 11.0. The second kappa shape index (κ2) is 7.30. The Morgan fingerprint density at radius 3 is 2.73 bits per heavy atom. The van der Waals surface area contributed by atoms with Crippen LogP contribution in [0.4, 0.5) is 0 Å². The van der Waals surface area contributed by atoms with Crippen molar-refractivity contribution < 1.29 is 9.52 Å². The van der Waals surface area contributed by atoms with Gasteiger partial charge < -0.3 is 9.52 Å². The maximum absolute atomic E-state index is 12.7. The molecule has 0 saturated heterocycles. The first kappa shape index (κ1) is 17.4. The second-order valence-corrected chi connectivity index (χ2v) is 7.94. The summed E-state index contributed by atoms with van der Waals surface area (Å²) in [6.07, 6.45) is 9.02. The van der Waals surface area contributed by atoms with Gasteiger partial charge in [-0.25, -0.2) is 4.79 Å². The zero-order valence-corrected chi connectivity index (χ0v) is 15.6. The molecule has 26 heavy (non-hydrogen) atoms. The van der Waals surface area contributed by atoms with Crippen LogP contribution in [0.5, 0.6) is 5.75 Å². The summed E-state index contributed by atoms with van der Waals surface area (Å²) in [7, 11) is 0. The molecule has 1 N–H and O–H groups in total. The predicted molar refractivity (Wildman–Crippen MR) is 103 cm³/mol. The summed E-state index contributed by atoms with van der Waals surface area (Å²) in [6.45, 7) is 2.16. The minimum atomic E-state index is -0.352. The van der Waals surface area contributed by atoms with Gasteiger partial charge in [-0.1, -0.05) is 44.0 Å². The van der Waals surface area contributed by atoms with Crippen molar-refractivity contribution >= 4 is 0 Å². The fourth-order valence-electron chi connectivity index (χ4n) is 4.47. The van der Waals surface area contributed by atoms with E-state index in [1.807, 2.05) is 6.07 Å². The van der Waals surface area contributed by atoms with Gasteiger partial charge in [-0.15, -0.1) is 0 Å². The van der Waals surface area contributed by atoms with Gasteiger partial charge in [-0.2, -0.15) is 0 Å². The molecule has 2 aliphatic rings. The average molecular weight is 352 g/mol. The van der Waals surface area contributed by atoms with E-state index in [9.17, 15) is 9.90 Å². The van der Waals surface area contributed by atoms with Gasteiger partial charge in [0.15, 0.2) is 0 Å². The summed E-state index contributed by atoms with van der Waals surface area (Å²) >= 11 is 0. The first-order valence-corrected chi connectivity index (χ1v) is 10.1. The fraction of sp³-hybridized carbons (Fsp3) is 0.522. The van der Waals surface area contributed by atoms with Crippen molar-refractivity contribution in [2.24, 2.45) is 0 Å². The van der Waals surface area contributed by atoms with Gasteiger partial charge in [0.2, 0.25) is 0 Å². The molecule has 0 aliphatic heterocycles. The smallest absolute Gasteiger partial charge is 0.343 e. The molecule has 2 aliphatic carbocycles. The van der Waals surface area contributed by atoms with Crippen LogP contribution in [-0.4, -0.2) is 5.11 Å². The highest BCUT2D eigenvalue weighted by atomic mass is 16.4. The topological polar surface area (TPSA) is 50.4 Å². The van der Waals surface area contributed by atoms with E-state index in [1.54, 1.807) is 0 Å². The van der Waals surface area contributed by atoms with Crippen LogP contribution in [0.1, 0.15) is 91.7 Å². The first-order valence-electron chi connectivity index (χ1n) is 10.1. The third-order valence-corrected chi connectivity index (χ3v) is 5.99. The van der Waals surface area contributed by atoms with Crippen LogP contribution < -0.4 is 5.63 Å². The number of fused-ring (bicyclic) bond motifs is 1. The van der Waals surface area contributed by atoms with Crippen molar-refractivity contribution in [3.05, 3.63) is 62.7 Å². The zero-order valence-electron chi connectivity index (χ0n) is 15.6. The minimum Gasteiger partial charge on any atom is -0.507 e. The highest BCUT2D eigenvalue weighted by molar-refractivity contribution is 5.46. The van der Waals surface area contributed by atoms with Crippen molar-refractivity contribution in [1.82, 2.24) is 0 Å². The van der Waals surface area contributed by atoms with Crippen LogP contribution in [0.2, 0.25) is 0 Å². The molecule has 1 atom stereocenters. The molecular formula is C23H28O3. The number of aromatic hydroxyl groups is 1. The monoisotopic (exact) mass is 352 g/mol. The molecule has 1 saturated carbocycles. The Labute approximate surface area is 155 Å². The Balaban J connectivity index is 1.74. The number of rotatable bonds is 5. The van der Waals surface area contributed by atoms with Crippen molar-refractivity contribution in [2.45, 2.75) is 76.5 Å². The van der Waals surface area contributed by atoms with E-state index in [2.05, 4.69) is 25.1 Å². The third-order valence-electron chi connectivity index (χ3n) is 5.99. The van der Waals surface area contributed by atoms with Gasteiger partial charge >= 0.3 is 5.63 Å². The third kappa shape index (κ3) is 3.32. The minimum absolute atomic E-state index is 0.199. The van der Waals surface area contributed by atoms with E-state index in [4.69, 9.17) is 4.42 Å². The second-order valence-electron chi connectivity index (χ2n) is 7.94. The van der Waals surface area contributed by atoms with Crippen LogP contribution >= 0.6 is 0 Å². The Morgan fingerprint density at radius 1 is 1.15 bits per heavy atom. The van der Waals surface area contributed by atoms with Gasteiger partial charge in [0.1, 0.15) is 11.5 Å². The lowest BCUT2D eigenvalue weighted by Crippen LogP contribution is -2.14. The van der Waals surface area contributed by atoms with E-state index in [1.165, 1.54) is 18.4 Å². The Morgan fingerprint density at radius 2 is 1.96 bits per heavy atom. The highest BCUT2D eigenvalue weighted by Gasteiger charge is 2.29. The van der Waals surface area contributed by atoms with Gasteiger partial charge in [0.25, 0.3) is 0 Å². The Bertz CT molecular complexity index is 845. The van der Waals surface area contributed by atoms with Crippen LogP contribution in [0.15, 0.2) is 33.5 Å². The largest absolute Gasteiger partial charge is 0.507 e. The molecule has 1 fully saturated rings. The molecule has 1 heterocycles. The highest BCUT2D eigenvalue weighted by Crippen LogP contribution is 2.43. The summed E-state index contributed by atoms with van der Waals surface area (Å²) in [4.78, 5) is 12.7. The van der Waals surface area contributed by atoms with Crippen LogP contribution in [0.25, 0.3) is 0 Å². The molecule has 2 aromatic rings. The Kier molecular flexibility index (Phi) is 4.88. The SMILES string of the molecule is CCCC1CCCCc2c1oc(=O)c(Cc1ccccc1C1CC1)c2O. The molecule has 0 amide bonds. The van der Waals surface area contributed by atoms with E-state index in [-0.39, 0.29) is 17.3 Å². The maximum atomic E-state index is 12.7. The molecule has 138 valence electrons. The first-order chi connectivity index (χ1) is 12.7. The number of hydrogen-bond acceptors (Lipinski definition) is 3. The van der Waals surface area contributed by atoms with Crippen molar-refractivity contribution in [1.29, 1.82) is 0 Å².